The van der Waals surface area contributed by atoms with Crippen LogP contribution in [0, 0.1) is 11.8 Å². The van der Waals surface area contributed by atoms with Crippen molar-refractivity contribution in [2.45, 2.75) is 38.4 Å². The first kappa shape index (κ1) is 11.7. The topological polar surface area (TPSA) is 47.6 Å². The quantitative estimate of drug-likeness (QED) is 0.677. The molecule has 2 aliphatic carbocycles. The molecule has 0 aromatic rings. The molecule has 0 saturated carbocycles. The van der Waals surface area contributed by atoms with Gasteiger partial charge in [-0.05, 0) is 31.8 Å². The number of hydrogen-bond acceptors (Lipinski definition) is 3. The van der Waals surface area contributed by atoms with Crippen molar-refractivity contribution in [2.24, 2.45) is 11.8 Å². The van der Waals surface area contributed by atoms with Crippen molar-refractivity contribution < 1.29 is 14.3 Å². The van der Waals surface area contributed by atoms with E-state index >= 15 is 0 Å². The fraction of sp³-hybridized carbons (Fsp3) is 0.667. The first-order chi connectivity index (χ1) is 9.19. The lowest BCUT2D eigenvalue weighted by atomic mass is 9.65. The van der Waals surface area contributed by atoms with Crippen molar-refractivity contribution in [1.82, 2.24) is 5.32 Å². The third-order valence-corrected chi connectivity index (χ3v) is 4.90. The number of hydrogen-bond donors (Lipinski definition) is 1. The molecular formula is C15H19NO3. The Labute approximate surface area is 112 Å². The van der Waals surface area contributed by atoms with Crippen LogP contribution in [-0.2, 0) is 14.3 Å². The third kappa shape index (κ3) is 1.56. The molecule has 4 aliphatic rings. The lowest BCUT2D eigenvalue weighted by molar-refractivity contribution is -0.222. The van der Waals surface area contributed by atoms with Crippen LogP contribution >= 0.6 is 0 Å². The van der Waals surface area contributed by atoms with Gasteiger partial charge in [-0.1, -0.05) is 11.6 Å². The van der Waals surface area contributed by atoms with Gasteiger partial charge in [-0.25, -0.2) is 0 Å². The van der Waals surface area contributed by atoms with Gasteiger partial charge in [-0.15, -0.1) is 0 Å². The monoisotopic (exact) mass is 261 g/mol. The second-order valence-electron chi connectivity index (χ2n) is 6.05. The number of nitrogens with one attached hydrogen (secondary N) is 1. The molecule has 102 valence electrons. The maximum atomic E-state index is 11.6. The summed E-state index contributed by atoms with van der Waals surface area (Å²) in [4.78, 5) is 11.6. The predicted octanol–water partition coefficient (Wildman–Crippen LogP) is 1.88. The predicted molar refractivity (Wildman–Crippen MR) is 69.0 cm³/mol. The number of amides is 1. The van der Waals surface area contributed by atoms with Crippen LogP contribution in [0.15, 0.2) is 22.9 Å². The fourth-order valence-corrected chi connectivity index (χ4v) is 4.17. The summed E-state index contributed by atoms with van der Waals surface area (Å²) in [7, 11) is 0. The number of ether oxygens (including phenoxy) is 2. The van der Waals surface area contributed by atoms with Crippen molar-refractivity contribution in [2.75, 3.05) is 13.2 Å². The van der Waals surface area contributed by atoms with Gasteiger partial charge >= 0.3 is 0 Å². The minimum atomic E-state index is -0.444. The van der Waals surface area contributed by atoms with Gasteiger partial charge in [-0.3, -0.25) is 4.79 Å². The molecule has 4 nitrogen and oxygen atoms in total. The van der Waals surface area contributed by atoms with Crippen LogP contribution in [0.5, 0.6) is 0 Å². The van der Waals surface area contributed by atoms with Gasteiger partial charge in [0.25, 0.3) is 0 Å². The summed E-state index contributed by atoms with van der Waals surface area (Å²) in [6.07, 6.45) is 5.58. The number of carbonyl (C=O) groups is 1. The molecule has 1 N–H and O–H groups in total. The molecule has 4 heteroatoms. The maximum Gasteiger partial charge on any atom is 0.224 e. The molecule has 0 radical (unpaired) electrons. The van der Waals surface area contributed by atoms with Gasteiger partial charge in [0.2, 0.25) is 5.91 Å². The molecule has 2 aliphatic heterocycles. The zero-order valence-corrected chi connectivity index (χ0v) is 11.2. The third-order valence-electron chi connectivity index (χ3n) is 4.90. The van der Waals surface area contributed by atoms with Crippen LogP contribution < -0.4 is 5.32 Å². The second-order valence-corrected chi connectivity index (χ2v) is 6.05. The van der Waals surface area contributed by atoms with Crippen molar-refractivity contribution in [3.05, 3.63) is 22.9 Å². The normalized spacial score (nSPS) is 36.1. The average Bonchev–Trinajstić information content (AvgIpc) is 2.82. The molecular weight excluding hydrogens is 242 g/mol. The van der Waals surface area contributed by atoms with E-state index in [2.05, 4.69) is 18.3 Å². The van der Waals surface area contributed by atoms with Crippen LogP contribution in [0.3, 0.4) is 0 Å². The summed E-state index contributed by atoms with van der Waals surface area (Å²) in [6, 6.07) is 0. The lowest BCUT2D eigenvalue weighted by Crippen LogP contribution is -2.53. The van der Waals surface area contributed by atoms with E-state index in [1.54, 1.807) is 0 Å². The van der Waals surface area contributed by atoms with Gasteiger partial charge in [0, 0.05) is 24.0 Å². The van der Waals surface area contributed by atoms with Crippen molar-refractivity contribution >= 4 is 5.91 Å². The Hall–Kier alpha value is -1.13. The highest BCUT2D eigenvalue weighted by Gasteiger charge is 2.56. The molecule has 4 rings (SSSR count). The highest BCUT2D eigenvalue weighted by atomic mass is 16.7. The Kier molecular flexibility index (Phi) is 2.42. The van der Waals surface area contributed by atoms with E-state index < -0.39 is 5.79 Å². The van der Waals surface area contributed by atoms with E-state index in [-0.39, 0.29) is 17.7 Å². The number of allylic oxidation sites excluding steroid dienone is 2. The van der Waals surface area contributed by atoms with Crippen molar-refractivity contribution in [1.29, 1.82) is 0 Å². The van der Waals surface area contributed by atoms with Gasteiger partial charge in [-0.2, -0.15) is 0 Å². The zero-order chi connectivity index (χ0) is 13.0. The van der Waals surface area contributed by atoms with E-state index in [0.717, 1.165) is 25.0 Å². The number of carbonyl (C=O) groups excluding carboxylic acids is 1. The summed E-state index contributed by atoms with van der Waals surface area (Å²) in [5.74, 6) is 0.238. The average molecular weight is 261 g/mol. The molecule has 2 atom stereocenters. The Bertz CT molecular complexity index is 500. The lowest BCUT2D eigenvalue weighted by Gasteiger charge is -2.50. The summed E-state index contributed by atoms with van der Waals surface area (Å²) in [5, 5.41) is 3.07. The summed E-state index contributed by atoms with van der Waals surface area (Å²) >= 11 is 0. The molecule has 19 heavy (non-hydrogen) atoms. The first-order valence-corrected chi connectivity index (χ1v) is 7.16. The standard InChI is InChI=1S/C15H19NO3/c1-9-6-10-8-13-11(2-3-14(17)16-13)12(7-9)15(10)18-4-5-19-15/h6,10,12H,2-5,7-8H2,1H3,(H,16,17)/t10-,12+/m1/s1. The van der Waals surface area contributed by atoms with Crippen molar-refractivity contribution in [3.8, 4) is 0 Å². The Balaban J connectivity index is 1.80. The van der Waals surface area contributed by atoms with Gasteiger partial charge in [0.1, 0.15) is 0 Å². The molecule has 0 unspecified atom stereocenters. The van der Waals surface area contributed by atoms with E-state index in [0.29, 0.717) is 19.6 Å². The largest absolute Gasteiger partial charge is 0.346 e. The minimum Gasteiger partial charge on any atom is -0.346 e. The van der Waals surface area contributed by atoms with Crippen LogP contribution in [0.1, 0.15) is 32.6 Å². The zero-order valence-electron chi connectivity index (χ0n) is 11.2. The van der Waals surface area contributed by atoms with E-state index in [9.17, 15) is 4.79 Å². The summed E-state index contributed by atoms with van der Waals surface area (Å²) < 4.78 is 12.1. The van der Waals surface area contributed by atoms with Crippen molar-refractivity contribution in [3.63, 3.8) is 0 Å². The first-order valence-electron chi connectivity index (χ1n) is 7.16. The van der Waals surface area contributed by atoms with Crippen LogP contribution in [0.4, 0.5) is 0 Å². The molecule has 0 aromatic heterocycles. The van der Waals surface area contributed by atoms with Gasteiger partial charge in [0.05, 0.1) is 13.2 Å². The second kappa shape index (κ2) is 3.93. The van der Waals surface area contributed by atoms with Crippen LogP contribution in [-0.4, -0.2) is 24.9 Å². The van der Waals surface area contributed by atoms with Gasteiger partial charge in [0.15, 0.2) is 5.79 Å². The minimum absolute atomic E-state index is 0.154. The van der Waals surface area contributed by atoms with E-state index in [1.807, 2.05) is 0 Å². The highest BCUT2D eigenvalue weighted by molar-refractivity contribution is 5.80. The molecule has 1 saturated heterocycles. The Morgan fingerprint density at radius 1 is 1.26 bits per heavy atom. The summed E-state index contributed by atoms with van der Waals surface area (Å²) in [6.45, 7) is 3.57. The Morgan fingerprint density at radius 2 is 2.05 bits per heavy atom. The highest BCUT2D eigenvalue weighted by Crippen LogP contribution is 2.54. The van der Waals surface area contributed by atoms with Crippen LogP contribution in [0.2, 0.25) is 0 Å². The van der Waals surface area contributed by atoms with Crippen LogP contribution in [0.25, 0.3) is 0 Å². The Morgan fingerprint density at radius 3 is 2.84 bits per heavy atom. The number of fused-ring (bicyclic) bond motifs is 1. The fourth-order valence-electron chi connectivity index (χ4n) is 4.17. The number of rotatable bonds is 0. The van der Waals surface area contributed by atoms with Gasteiger partial charge < -0.3 is 14.8 Å². The summed E-state index contributed by atoms with van der Waals surface area (Å²) in [5.41, 5.74) is 3.92. The van der Waals surface area contributed by atoms with E-state index in [4.69, 9.17) is 9.47 Å². The smallest absolute Gasteiger partial charge is 0.224 e. The molecule has 0 aromatic carbocycles. The SMILES string of the molecule is CC1=C[C@@H]2CC3=C(CCC(=O)N3)[C@H](C1)C21OCCO1. The molecule has 1 amide bonds. The molecule has 1 fully saturated rings. The molecule has 1 spiro atoms. The maximum absolute atomic E-state index is 11.6. The molecule has 2 heterocycles. The molecule has 2 bridgehead atoms. The van der Waals surface area contributed by atoms with E-state index in [1.165, 1.54) is 11.1 Å².